The summed E-state index contributed by atoms with van der Waals surface area (Å²) in [6.45, 7) is -0.318. The zero-order valence-electron chi connectivity index (χ0n) is 19.0. The summed E-state index contributed by atoms with van der Waals surface area (Å²) < 4.78 is 0.971. The van der Waals surface area contributed by atoms with E-state index in [0.29, 0.717) is 21.0 Å². The summed E-state index contributed by atoms with van der Waals surface area (Å²) in [4.78, 5) is 44.5. The lowest BCUT2D eigenvalue weighted by Crippen LogP contribution is -2.44. The SMILES string of the molecule is CCl.N#Cc1cccc(N(C(=O)c2cc(-n3c(=O)[nH]c4csc(CO)c4c3=O)cs2)C2CCC2)c1Cl. The van der Waals surface area contributed by atoms with E-state index in [2.05, 4.69) is 16.6 Å². The van der Waals surface area contributed by atoms with Crippen molar-refractivity contribution >= 4 is 68.4 Å². The highest BCUT2D eigenvalue weighted by Gasteiger charge is 2.33. The predicted molar refractivity (Wildman–Crippen MR) is 144 cm³/mol. The number of benzene rings is 1. The van der Waals surface area contributed by atoms with E-state index in [1.807, 2.05) is 6.07 Å². The third kappa shape index (κ3) is 4.49. The van der Waals surface area contributed by atoms with Crippen LogP contribution >= 0.6 is 45.9 Å². The number of hydrogen-bond donors (Lipinski definition) is 2. The Kier molecular flexibility index (Phi) is 7.97. The number of nitrogens with one attached hydrogen (secondary N) is 1. The standard InChI is InChI=1S/C23H17ClN4O4S2.CH3Cl/c24-20-12(8-25)3-1-6-16(20)27(13-4-2-5-13)21(30)17-7-14(10-33-17)28-22(31)19-15(26-23(28)32)11-34-18(19)9-29;1-2/h1,3,6-7,10-11,13,29H,2,4-5,9H2,(H,26,32);1H3. The summed E-state index contributed by atoms with van der Waals surface area (Å²) in [5.41, 5.74) is 0.202. The molecule has 3 heterocycles. The highest BCUT2D eigenvalue weighted by Crippen LogP contribution is 2.37. The number of aromatic amines is 1. The first kappa shape index (κ1) is 26.1. The fourth-order valence-electron chi connectivity index (χ4n) is 4.03. The molecule has 36 heavy (non-hydrogen) atoms. The van der Waals surface area contributed by atoms with Gasteiger partial charge >= 0.3 is 5.69 Å². The summed E-state index contributed by atoms with van der Waals surface area (Å²) in [5.74, 6) is -0.310. The molecule has 0 radical (unpaired) electrons. The first-order chi connectivity index (χ1) is 17.4. The molecule has 0 atom stereocenters. The van der Waals surface area contributed by atoms with Gasteiger partial charge in [0.2, 0.25) is 0 Å². The number of amides is 1. The zero-order valence-corrected chi connectivity index (χ0v) is 22.1. The number of rotatable bonds is 5. The van der Waals surface area contributed by atoms with Gasteiger partial charge in [-0.2, -0.15) is 5.26 Å². The molecule has 1 aromatic carbocycles. The third-order valence-corrected chi connectivity index (χ3v) is 8.22. The maximum atomic E-state index is 13.6. The van der Waals surface area contributed by atoms with Crippen molar-refractivity contribution in [1.29, 1.82) is 5.26 Å². The monoisotopic (exact) mass is 562 g/mol. The van der Waals surface area contributed by atoms with Crippen LogP contribution < -0.4 is 16.1 Å². The smallest absolute Gasteiger partial charge is 0.333 e. The highest BCUT2D eigenvalue weighted by atomic mass is 35.5. The Morgan fingerprint density at radius 1 is 1.28 bits per heavy atom. The highest BCUT2D eigenvalue weighted by molar-refractivity contribution is 7.12. The van der Waals surface area contributed by atoms with Crippen LogP contribution in [0.4, 0.5) is 5.69 Å². The fraction of sp³-hybridized carbons (Fsp3) is 0.250. The number of aliphatic hydroxyl groups excluding tert-OH is 1. The van der Waals surface area contributed by atoms with E-state index in [1.165, 1.54) is 23.8 Å². The number of aromatic nitrogens is 2. The molecule has 0 unspecified atom stereocenters. The van der Waals surface area contributed by atoms with Gasteiger partial charge in [-0.15, -0.1) is 34.3 Å². The second-order valence-electron chi connectivity index (χ2n) is 7.86. The average Bonchev–Trinajstić information content (AvgIpc) is 3.50. The van der Waals surface area contributed by atoms with Crippen molar-refractivity contribution in [2.45, 2.75) is 31.9 Å². The molecule has 4 aromatic rings. The number of nitriles is 1. The van der Waals surface area contributed by atoms with Crippen molar-refractivity contribution < 1.29 is 9.90 Å². The number of fused-ring (bicyclic) bond motifs is 1. The molecule has 0 spiro atoms. The van der Waals surface area contributed by atoms with E-state index in [9.17, 15) is 24.8 Å². The van der Waals surface area contributed by atoms with Crippen LogP contribution in [0.25, 0.3) is 16.6 Å². The molecule has 12 heteroatoms. The van der Waals surface area contributed by atoms with Gasteiger partial charge in [0.15, 0.2) is 0 Å². The lowest BCUT2D eigenvalue weighted by Gasteiger charge is -2.37. The van der Waals surface area contributed by atoms with Gasteiger partial charge < -0.3 is 15.0 Å². The number of anilines is 1. The van der Waals surface area contributed by atoms with Crippen molar-refractivity contribution in [2.24, 2.45) is 0 Å². The van der Waals surface area contributed by atoms with Crippen LogP contribution in [0.1, 0.15) is 39.4 Å². The van der Waals surface area contributed by atoms with Gasteiger partial charge in [0.1, 0.15) is 6.07 Å². The fourth-order valence-corrected chi connectivity index (χ4v) is 5.93. The summed E-state index contributed by atoms with van der Waals surface area (Å²) in [7, 11) is 0. The topological polar surface area (TPSA) is 119 Å². The minimum absolute atomic E-state index is 0.0510. The number of halogens is 2. The van der Waals surface area contributed by atoms with E-state index in [1.54, 1.807) is 33.9 Å². The molecule has 1 amide bonds. The zero-order chi connectivity index (χ0) is 26.0. The largest absolute Gasteiger partial charge is 0.391 e. The Balaban J connectivity index is 0.00000148. The molecule has 1 fully saturated rings. The van der Waals surface area contributed by atoms with Crippen LogP contribution in [-0.2, 0) is 6.61 Å². The van der Waals surface area contributed by atoms with Gasteiger partial charge in [-0.3, -0.25) is 9.59 Å². The third-order valence-electron chi connectivity index (χ3n) is 5.94. The molecule has 2 N–H and O–H groups in total. The van der Waals surface area contributed by atoms with Gasteiger partial charge in [0.05, 0.1) is 44.3 Å². The number of nitrogens with zero attached hydrogens (tertiary/aromatic N) is 3. The molecule has 0 aliphatic heterocycles. The molecule has 5 rings (SSSR count). The van der Waals surface area contributed by atoms with Crippen LogP contribution in [0, 0.1) is 11.3 Å². The number of thiophene rings is 2. The molecule has 186 valence electrons. The molecule has 3 aromatic heterocycles. The van der Waals surface area contributed by atoms with E-state index >= 15 is 0 Å². The summed E-state index contributed by atoms with van der Waals surface area (Å²) in [5, 5.41) is 22.6. The molecule has 0 saturated heterocycles. The molecule has 0 bridgehead atoms. The van der Waals surface area contributed by atoms with Crippen LogP contribution in [-0.4, -0.2) is 33.0 Å². The Morgan fingerprint density at radius 3 is 2.67 bits per heavy atom. The minimum atomic E-state index is -0.628. The van der Waals surface area contributed by atoms with E-state index < -0.39 is 11.2 Å². The molecular weight excluding hydrogens is 543 g/mol. The Labute approximate surface area is 223 Å². The molecule has 1 saturated carbocycles. The van der Waals surface area contributed by atoms with Gasteiger partial charge in [0, 0.05) is 28.1 Å². The van der Waals surface area contributed by atoms with Gasteiger partial charge in [-0.1, -0.05) is 17.7 Å². The van der Waals surface area contributed by atoms with E-state index in [0.717, 1.165) is 35.2 Å². The lowest BCUT2D eigenvalue weighted by molar-refractivity contribution is 0.0968. The van der Waals surface area contributed by atoms with Crippen LogP contribution in [0.5, 0.6) is 0 Å². The molecule has 1 aliphatic carbocycles. The number of alkyl halides is 1. The number of H-pyrrole nitrogens is 1. The molecule has 1 aliphatic rings. The number of hydrogen-bond acceptors (Lipinski definition) is 7. The number of carbonyl (C=O) groups is 1. The Morgan fingerprint density at radius 2 is 2.03 bits per heavy atom. The van der Waals surface area contributed by atoms with Crippen molar-refractivity contribution in [2.75, 3.05) is 11.3 Å². The normalized spacial score (nSPS) is 13.0. The van der Waals surface area contributed by atoms with Gasteiger partial charge in [-0.25, -0.2) is 9.36 Å². The quantitative estimate of drug-likeness (QED) is 0.336. The van der Waals surface area contributed by atoms with Crippen molar-refractivity contribution in [3.63, 3.8) is 0 Å². The molecule has 8 nitrogen and oxygen atoms in total. The second-order valence-corrected chi connectivity index (χ2v) is 10.1. The molecular formula is C24H20Cl2N4O4S2. The lowest BCUT2D eigenvalue weighted by atomic mass is 9.90. The first-order valence-electron chi connectivity index (χ1n) is 10.8. The average molecular weight is 563 g/mol. The summed E-state index contributed by atoms with van der Waals surface area (Å²) >= 11 is 13.4. The minimum Gasteiger partial charge on any atom is -0.391 e. The van der Waals surface area contributed by atoms with Gasteiger partial charge in [-0.05, 0) is 37.5 Å². The van der Waals surface area contributed by atoms with Crippen molar-refractivity contribution in [1.82, 2.24) is 9.55 Å². The Hall–Kier alpha value is -2.94. The maximum Gasteiger partial charge on any atom is 0.333 e. The maximum absolute atomic E-state index is 13.6. The van der Waals surface area contributed by atoms with Crippen molar-refractivity contribution in [3.05, 3.63) is 76.2 Å². The van der Waals surface area contributed by atoms with E-state index in [-0.39, 0.29) is 40.2 Å². The number of carbonyl (C=O) groups excluding carboxylic acids is 1. The van der Waals surface area contributed by atoms with Crippen LogP contribution in [0.2, 0.25) is 5.02 Å². The predicted octanol–water partition coefficient (Wildman–Crippen LogP) is 4.87. The first-order valence-corrected chi connectivity index (χ1v) is 13.7. The number of aliphatic hydroxyl groups is 1. The van der Waals surface area contributed by atoms with Gasteiger partial charge in [0.25, 0.3) is 11.5 Å². The summed E-state index contributed by atoms with van der Waals surface area (Å²) in [6.07, 6.45) is 4.09. The van der Waals surface area contributed by atoms with Crippen LogP contribution in [0.3, 0.4) is 0 Å². The second kappa shape index (κ2) is 11.0. The van der Waals surface area contributed by atoms with Crippen molar-refractivity contribution in [3.8, 4) is 11.8 Å². The van der Waals surface area contributed by atoms with Crippen LogP contribution in [0.15, 0.2) is 44.6 Å². The Bertz CT molecular complexity index is 1590. The van der Waals surface area contributed by atoms with E-state index in [4.69, 9.17) is 11.6 Å². The summed E-state index contributed by atoms with van der Waals surface area (Å²) in [6, 6.07) is 8.50.